The Hall–Kier alpha value is -2.62. The van der Waals surface area contributed by atoms with Crippen molar-refractivity contribution in [3.05, 3.63) is 66.2 Å². The maximum Gasteiger partial charge on any atom is 0.242 e. The van der Waals surface area contributed by atoms with Crippen molar-refractivity contribution in [1.29, 1.82) is 0 Å². The zero-order valence-electron chi connectivity index (χ0n) is 15.6. The van der Waals surface area contributed by atoms with Gasteiger partial charge in [-0.05, 0) is 43.4 Å². The zero-order valence-corrected chi connectivity index (χ0v) is 15.6. The first-order valence-corrected chi connectivity index (χ1v) is 9.91. The Morgan fingerprint density at radius 3 is 2.11 bits per heavy atom. The van der Waals surface area contributed by atoms with E-state index >= 15 is 0 Å². The Kier molecular flexibility index (Phi) is 4.97. The standard InChI is InChI=1S/C23H26N2O2/c26-21(24-19-11-7-8-12-19)23(15-16-23)22(27)25(20-13-5-2-6-14-20)17-18-9-3-1-4-10-18/h1-6,9-10,13-14,19H,7-8,11-12,15-17H2,(H,24,26). The van der Waals surface area contributed by atoms with Gasteiger partial charge in [-0.15, -0.1) is 0 Å². The second kappa shape index (κ2) is 7.55. The number of anilines is 1. The van der Waals surface area contributed by atoms with E-state index in [9.17, 15) is 9.59 Å². The fourth-order valence-corrected chi connectivity index (χ4v) is 3.97. The Balaban J connectivity index is 1.57. The predicted octanol–water partition coefficient (Wildman–Crippen LogP) is 4.06. The van der Waals surface area contributed by atoms with Gasteiger partial charge in [-0.1, -0.05) is 61.4 Å². The third-order valence-corrected chi connectivity index (χ3v) is 5.78. The van der Waals surface area contributed by atoms with Gasteiger partial charge in [0, 0.05) is 11.7 Å². The van der Waals surface area contributed by atoms with Crippen molar-refractivity contribution >= 4 is 17.5 Å². The van der Waals surface area contributed by atoms with Gasteiger partial charge in [0.05, 0.1) is 6.54 Å². The van der Waals surface area contributed by atoms with Crippen LogP contribution in [0.25, 0.3) is 0 Å². The number of hydrogen-bond donors (Lipinski definition) is 1. The van der Waals surface area contributed by atoms with Crippen LogP contribution in [0.15, 0.2) is 60.7 Å². The van der Waals surface area contributed by atoms with E-state index in [1.165, 1.54) is 0 Å². The van der Waals surface area contributed by atoms with Crippen molar-refractivity contribution in [2.24, 2.45) is 5.41 Å². The summed E-state index contributed by atoms with van der Waals surface area (Å²) in [7, 11) is 0. The highest BCUT2D eigenvalue weighted by molar-refractivity contribution is 6.14. The minimum absolute atomic E-state index is 0.0756. The van der Waals surface area contributed by atoms with Gasteiger partial charge in [0.1, 0.15) is 5.41 Å². The Bertz CT molecular complexity index is 794. The average molecular weight is 362 g/mol. The lowest BCUT2D eigenvalue weighted by Crippen LogP contribution is -2.47. The SMILES string of the molecule is O=C(NC1CCCC1)C1(C(=O)N(Cc2ccccc2)c2ccccc2)CC1. The molecule has 0 saturated heterocycles. The number of carbonyl (C=O) groups excluding carboxylic acids is 2. The van der Waals surface area contributed by atoms with Crippen LogP contribution >= 0.6 is 0 Å². The molecule has 0 bridgehead atoms. The number of nitrogens with one attached hydrogen (secondary N) is 1. The summed E-state index contributed by atoms with van der Waals surface area (Å²) in [5.41, 5.74) is 1.01. The highest BCUT2D eigenvalue weighted by atomic mass is 16.2. The highest BCUT2D eigenvalue weighted by Gasteiger charge is 2.58. The number of carbonyl (C=O) groups is 2. The first-order valence-electron chi connectivity index (χ1n) is 9.91. The smallest absolute Gasteiger partial charge is 0.242 e. The van der Waals surface area contributed by atoms with Crippen LogP contribution < -0.4 is 10.2 Å². The van der Waals surface area contributed by atoms with E-state index in [1.807, 2.05) is 60.7 Å². The number of para-hydroxylation sites is 1. The minimum Gasteiger partial charge on any atom is -0.352 e. The number of hydrogen-bond acceptors (Lipinski definition) is 2. The molecule has 140 valence electrons. The van der Waals surface area contributed by atoms with Crippen molar-refractivity contribution < 1.29 is 9.59 Å². The van der Waals surface area contributed by atoms with E-state index in [2.05, 4.69) is 5.32 Å². The summed E-state index contributed by atoms with van der Waals surface area (Å²) < 4.78 is 0. The molecule has 0 unspecified atom stereocenters. The van der Waals surface area contributed by atoms with E-state index in [-0.39, 0.29) is 17.9 Å². The van der Waals surface area contributed by atoms with Gasteiger partial charge >= 0.3 is 0 Å². The Labute approximate surface area is 160 Å². The molecule has 2 aromatic carbocycles. The summed E-state index contributed by atoms with van der Waals surface area (Å²) >= 11 is 0. The fourth-order valence-electron chi connectivity index (χ4n) is 3.97. The zero-order chi connectivity index (χ0) is 18.7. The number of rotatable bonds is 6. The van der Waals surface area contributed by atoms with Crippen LogP contribution in [0.5, 0.6) is 0 Å². The van der Waals surface area contributed by atoms with Crippen molar-refractivity contribution in [3.8, 4) is 0 Å². The van der Waals surface area contributed by atoms with Crippen LogP contribution in [-0.4, -0.2) is 17.9 Å². The van der Waals surface area contributed by atoms with Crippen LogP contribution in [0.3, 0.4) is 0 Å². The first-order chi connectivity index (χ1) is 13.2. The summed E-state index contributed by atoms with van der Waals surface area (Å²) in [5, 5.41) is 3.15. The monoisotopic (exact) mass is 362 g/mol. The summed E-state index contributed by atoms with van der Waals surface area (Å²) in [6.45, 7) is 0.474. The van der Waals surface area contributed by atoms with Gasteiger partial charge in [0.15, 0.2) is 0 Å². The molecular formula is C23H26N2O2. The highest BCUT2D eigenvalue weighted by Crippen LogP contribution is 2.48. The van der Waals surface area contributed by atoms with Gasteiger partial charge in [-0.3, -0.25) is 9.59 Å². The quantitative estimate of drug-likeness (QED) is 0.788. The molecule has 0 spiro atoms. The van der Waals surface area contributed by atoms with Crippen molar-refractivity contribution in [2.45, 2.75) is 51.1 Å². The molecule has 2 amide bonds. The molecule has 4 nitrogen and oxygen atoms in total. The molecule has 27 heavy (non-hydrogen) atoms. The molecule has 2 saturated carbocycles. The van der Waals surface area contributed by atoms with Gasteiger partial charge in [0.2, 0.25) is 11.8 Å². The van der Waals surface area contributed by atoms with E-state index in [0.29, 0.717) is 19.4 Å². The molecule has 2 aliphatic carbocycles. The van der Waals surface area contributed by atoms with E-state index in [4.69, 9.17) is 0 Å². The Morgan fingerprint density at radius 1 is 0.926 bits per heavy atom. The summed E-state index contributed by atoms with van der Waals surface area (Å²) in [5.74, 6) is -0.151. The van der Waals surface area contributed by atoms with Crippen LogP contribution in [0, 0.1) is 5.41 Å². The second-order valence-corrected chi connectivity index (χ2v) is 7.75. The molecule has 0 aromatic heterocycles. The molecule has 0 radical (unpaired) electrons. The lowest BCUT2D eigenvalue weighted by atomic mass is 10.0. The molecule has 2 aromatic rings. The molecule has 4 rings (SSSR count). The van der Waals surface area contributed by atoms with E-state index in [1.54, 1.807) is 4.90 Å². The van der Waals surface area contributed by atoms with Crippen molar-refractivity contribution in [3.63, 3.8) is 0 Å². The molecule has 1 N–H and O–H groups in total. The van der Waals surface area contributed by atoms with Crippen LogP contribution in [-0.2, 0) is 16.1 Å². The van der Waals surface area contributed by atoms with Crippen molar-refractivity contribution in [2.75, 3.05) is 4.90 Å². The van der Waals surface area contributed by atoms with Gasteiger partial charge in [-0.2, -0.15) is 0 Å². The molecule has 0 atom stereocenters. The number of nitrogens with zero attached hydrogens (tertiary/aromatic N) is 1. The summed E-state index contributed by atoms with van der Waals surface area (Å²) in [6.07, 6.45) is 5.67. The molecular weight excluding hydrogens is 336 g/mol. The summed E-state index contributed by atoms with van der Waals surface area (Å²) in [4.78, 5) is 28.2. The molecule has 4 heteroatoms. The third kappa shape index (κ3) is 3.75. The normalized spacial score (nSPS) is 18.1. The van der Waals surface area contributed by atoms with Gasteiger partial charge < -0.3 is 10.2 Å². The predicted molar refractivity (Wildman–Crippen MR) is 106 cm³/mol. The molecule has 2 aliphatic rings. The number of benzene rings is 2. The largest absolute Gasteiger partial charge is 0.352 e. The third-order valence-electron chi connectivity index (χ3n) is 5.78. The van der Waals surface area contributed by atoms with Gasteiger partial charge in [-0.25, -0.2) is 0 Å². The number of amides is 2. The summed E-state index contributed by atoms with van der Waals surface area (Å²) in [6, 6.07) is 19.9. The van der Waals surface area contributed by atoms with Crippen LogP contribution in [0.1, 0.15) is 44.1 Å². The first kappa shape index (κ1) is 17.8. The van der Waals surface area contributed by atoms with E-state index < -0.39 is 5.41 Å². The average Bonchev–Trinajstić information content (AvgIpc) is 3.38. The van der Waals surface area contributed by atoms with Crippen LogP contribution in [0.2, 0.25) is 0 Å². The topological polar surface area (TPSA) is 49.4 Å². The fraction of sp³-hybridized carbons (Fsp3) is 0.391. The lowest BCUT2D eigenvalue weighted by molar-refractivity contribution is -0.136. The Morgan fingerprint density at radius 2 is 1.52 bits per heavy atom. The lowest BCUT2D eigenvalue weighted by Gasteiger charge is -2.28. The second-order valence-electron chi connectivity index (χ2n) is 7.75. The molecule has 2 fully saturated rings. The van der Waals surface area contributed by atoms with E-state index in [0.717, 1.165) is 36.9 Å². The van der Waals surface area contributed by atoms with Gasteiger partial charge in [0.25, 0.3) is 0 Å². The maximum atomic E-state index is 13.5. The minimum atomic E-state index is -0.882. The maximum absolute atomic E-state index is 13.5. The van der Waals surface area contributed by atoms with Crippen LogP contribution in [0.4, 0.5) is 5.69 Å². The molecule has 0 heterocycles. The van der Waals surface area contributed by atoms with Crippen molar-refractivity contribution in [1.82, 2.24) is 5.32 Å². The molecule has 0 aliphatic heterocycles.